The lowest BCUT2D eigenvalue weighted by atomic mass is 10.1. The first kappa shape index (κ1) is 16.0. The molecule has 0 saturated heterocycles. The quantitative estimate of drug-likeness (QED) is 0.682. The van der Waals surface area contributed by atoms with E-state index in [9.17, 15) is 13.9 Å². The molecule has 1 aromatic carbocycles. The van der Waals surface area contributed by atoms with Gasteiger partial charge in [-0.1, -0.05) is 11.2 Å². The molecule has 0 radical (unpaired) electrons. The van der Waals surface area contributed by atoms with Crippen LogP contribution in [0, 0.1) is 11.6 Å². The Morgan fingerprint density at radius 1 is 1.23 bits per heavy atom. The van der Waals surface area contributed by atoms with Crippen LogP contribution in [0.1, 0.15) is 25.1 Å². The van der Waals surface area contributed by atoms with Crippen LogP contribution < -0.4 is 0 Å². The van der Waals surface area contributed by atoms with Crippen molar-refractivity contribution >= 4 is 5.71 Å². The second kappa shape index (κ2) is 6.62. The van der Waals surface area contributed by atoms with Gasteiger partial charge >= 0.3 is 0 Å². The Kier molecular flexibility index (Phi) is 4.82. The number of aliphatic hydroxyl groups is 1. The smallest absolute Gasteiger partial charge is 0.159 e. The molecule has 0 aliphatic carbocycles. The Bertz CT molecular complexity index is 668. The molecule has 22 heavy (non-hydrogen) atoms. The van der Waals surface area contributed by atoms with Gasteiger partial charge in [0.1, 0.15) is 12.3 Å². The van der Waals surface area contributed by atoms with Gasteiger partial charge < -0.3 is 9.94 Å². The van der Waals surface area contributed by atoms with Crippen LogP contribution in [-0.4, -0.2) is 28.0 Å². The molecule has 0 saturated carbocycles. The maximum absolute atomic E-state index is 13.4. The Hall–Kier alpha value is -2.34. The number of hydrogen-bond donors (Lipinski definition) is 1. The molecule has 0 amide bonds. The zero-order valence-corrected chi connectivity index (χ0v) is 12.3. The van der Waals surface area contributed by atoms with Crippen LogP contribution in [0.2, 0.25) is 0 Å². The molecule has 0 bridgehead atoms. The summed E-state index contributed by atoms with van der Waals surface area (Å²) in [5.41, 5.74) is -0.0337. The SMILES string of the molecule is CC(C)(O)CO/N=C(\c1ccc(F)c(F)c1)c1ccccn1. The summed E-state index contributed by atoms with van der Waals surface area (Å²) in [6.45, 7) is 3.09. The first-order valence-electron chi connectivity index (χ1n) is 6.66. The number of aromatic nitrogens is 1. The van der Waals surface area contributed by atoms with Crippen molar-refractivity contribution in [1.82, 2.24) is 4.98 Å². The summed E-state index contributed by atoms with van der Waals surface area (Å²) < 4.78 is 26.5. The molecular formula is C16H16F2N2O2. The average molecular weight is 306 g/mol. The van der Waals surface area contributed by atoms with E-state index in [0.29, 0.717) is 11.3 Å². The second-order valence-electron chi connectivity index (χ2n) is 5.37. The van der Waals surface area contributed by atoms with Gasteiger partial charge in [0.05, 0.1) is 11.3 Å². The number of pyridine rings is 1. The summed E-state index contributed by atoms with van der Waals surface area (Å²) in [5, 5.41) is 13.6. The predicted octanol–water partition coefficient (Wildman–Crippen LogP) is 2.90. The third-order valence-corrected chi connectivity index (χ3v) is 2.67. The zero-order valence-electron chi connectivity index (χ0n) is 12.3. The van der Waals surface area contributed by atoms with E-state index in [1.54, 1.807) is 38.2 Å². The zero-order chi connectivity index (χ0) is 16.2. The first-order valence-corrected chi connectivity index (χ1v) is 6.66. The van der Waals surface area contributed by atoms with Gasteiger partial charge in [0.15, 0.2) is 11.6 Å². The highest BCUT2D eigenvalue weighted by Gasteiger charge is 2.15. The van der Waals surface area contributed by atoms with Crippen LogP contribution in [0.5, 0.6) is 0 Å². The molecule has 116 valence electrons. The molecule has 0 fully saturated rings. The van der Waals surface area contributed by atoms with Crippen molar-refractivity contribution in [3.05, 3.63) is 65.5 Å². The molecule has 1 heterocycles. The molecule has 0 atom stereocenters. The van der Waals surface area contributed by atoms with Gasteiger partial charge in [0.25, 0.3) is 0 Å². The number of nitrogens with zero attached hydrogens (tertiary/aromatic N) is 2. The maximum atomic E-state index is 13.4. The van der Waals surface area contributed by atoms with Gasteiger partial charge in [-0.2, -0.15) is 0 Å². The molecule has 0 aliphatic rings. The van der Waals surface area contributed by atoms with Crippen molar-refractivity contribution in [2.24, 2.45) is 5.16 Å². The highest BCUT2D eigenvalue weighted by Crippen LogP contribution is 2.14. The highest BCUT2D eigenvalue weighted by atomic mass is 19.2. The Morgan fingerprint density at radius 2 is 2.00 bits per heavy atom. The molecule has 2 rings (SSSR count). The minimum absolute atomic E-state index is 0.0486. The van der Waals surface area contributed by atoms with E-state index >= 15 is 0 Å². The normalized spacial score (nSPS) is 12.3. The van der Waals surface area contributed by atoms with E-state index in [0.717, 1.165) is 12.1 Å². The lowest BCUT2D eigenvalue weighted by Crippen LogP contribution is -2.25. The Morgan fingerprint density at radius 3 is 2.59 bits per heavy atom. The van der Waals surface area contributed by atoms with E-state index < -0.39 is 17.2 Å². The van der Waals surface area contributed by atoms with E-state index in [4.69, 9.17) is 4.84 Å². The number of oxime groups is 1. The van der Waals surface area contributed by atoms with Crippen LogP contribution in [0.15, 0.2) is 47.8 Å². The van der Waals surface area contributed by atoms with Crippen molar-refractivity contribution in [1.29, 1.82) is 0 Å². The van der Waals surface area contributed by atoms with Crippen LogP contribution in [0.4, 0.5) is 8.78 Å². The first-order chi connectivity index (χ1) is 10.4. The fraction of sp³-hybridized carbons (Fsp3) is 0.250. The van der Waals surface area contributed by atoms with Gasteiger partial charge in [-0.15, -0.1) is 0 Å². The van der Waals surface area contributed by atoms with E-state index in [2.05, 4.69) is 10.1 Å². The molecule has 6 heteroatoms. The molecule has 0 unspecified atom stereocenters. The van der Waals surface area contributed by atoms with Gasteiger partial charge in [-0.3, -0.25) is 4.98 Å². The minimum Gasteiger partial charge on any atom is -0.392 e. The van der Waals surface area contributed by atoms with Crippen molar-refractivity contribution in [2.75, 3.05) is 6.61 Å². The number of halogens is 2. The van der Waals surface area contributed by atoms with Crippen LogP contribution in [-0.2, 0) is 4.84 Å². The highest BCUT2D eigenvalue weighted by molar-refractivity contribution is 6.11. The van der Waals surface area contributed by atoms with Crippen molar-refractivity contribution in [3.63, 3.8) is 0 Å². The fourth-order valence-corrected chi connectivity index (χ4v) is 1.65. The van der Waals surface area contributed by atoms with E-state index in [1.807, 2.05) is 0 Å². The molecule has 2 aromatic rings. The van der Waals surface area contributed by atoms with Crippen LogP contribution >= 0.6 is 0 Å². The third kappa shape index (κ3) is 4.33. The maximum Gasteiger partial charge on any atom is 0.159 e. The molecule has 0 aliphatic heterocycles. The van der Waals surface area contributed by atoms with Gasteiger partial charge in [-0.25, -0.2) is 8.78 Å². The molecule has 1 N–H and O–H groups in total. The summed E-state index contributed by atoms with van der Waals surface area (Å²) >= 11 is 0. The number of benzene rings is 1. The standard InChI is InChI=1S/C16H16F2N2O2/c1-16(2,21)10-22-20-15(14-5-3-4-8-19-14)11-6-7-12(17)13(18)9-11/h3-9,21H,10H2,1-2H3/b20-15+. The topological polar surface area (TPSA) is 54.7 Å². The minimum atomic E-state index is -1.06. The monoisotopic (exact) mass is 306 g/mol. The van der Waals surface area contributed by atoms with Gasteiger partial charge in [-0.05, 0) is 44.2 Å². The Balaban J connectivity index is 2.37. The summed E-state index contributed by atoms with van der Waals surface area (Å²) in [4.78, 5) is 9.25. The van der Waals surface area contributed by atoms with Gasteiger partial charge in [0.2, 0.25) is 0 Å². The summed E-state index contributed by atoms with van der Waals surface area (Å²) in [6, 6.07) is 8.57. The van der Waals surface area contributed by atoms with Crippen molar-refractivity contribution in [2.45, 2.75) is 19.4 Å². The fourth-order valence-electron chi connectivity index (χ4n) is 1.65. The van der Waals surface area contributed by atoms with Crippen LogP contribution in [0.25, 0.3) is 0 Å². The van der Waals surface area contributed by atoms with E-state index in [1.165, 1.54) is 6.07 Å². The third-order valence-electron chi connectivity index (χ3n) is 2.67. The largest absolute Gasteiger partial charge is 0.392 e. The lowest BCUT2D eigenvalue weighted by Gasteiger charge is -2.15. The molecule has 1 aromatic heterocycles. The predicted molar refractivity (Wildman–Crippen MR) is 78.5 cm³/mol. The molecular weight excluding hydrogens is 290 g/mol. The summed E-state index contributed by atoms with van der Waals surface area (Å²) in [6.07, 6.45) is 1.56. The summed E-state index contributed by atoms with van der Waals surface area (Å²) in [7, 11) is 0. The molecule has 4 nitrogen and oxygen atoms in total. The number of hydrogen-bond acceptors (Lipinski definition) is 4. The molecule has 0 spiro atoms. The summed E-state index contributed by atoms with van der Waals surface area (Å²) in [5.74, 6) is -1.93. The average Bonchev–Trinajstić information content (AvgIpc) is 2.47. The van der Waals surface area contributed by atoms with Crippen molar-refractivity contribution < 1.29 is 18.7 Å². The lowest BCUT2D eigenvalue weighted by molar-refractivity contribution is -0.0189. The Labute approximate surface area is 127 Å². The van der Waals surface area contributed by atoms with Crippen molar-refractivity contribution in [3.8, 4) is 0 Å². The second-order valence-corrected chi connectivity index (χ2v) is 5.37. The van der Waals surface area contributed by atoms with Crippen LogP contribution in [0.3, 0.4) is 0 Å². The van der Waals surface area contributed by atoms with Gasteiger partial charge in [0, 0.05) is 11.8 Å². The number of rotatable bonds is 5. The van der Waals surface area contributed by atoms with E-state index in [-0.39, 0.29) is 12.3 Å².